The second kappa shape index (κ2) is 7.60. The Morgan fingerprint density at radius 1 is 1.18 bits per heavy atom. The van der Waals surface area contributed by atoms with Crippen LogP contribution in [0.4, 0.5) is 4.79 Å². The van der Waals surface area contributed by atoms with Crippen LogP contribution in [0.2, 0.25) is 0 Å². The molecule has 0 bridgehead atoms. The van der Waals surface area contributed by atoms with Gasteiger partial charge in [-0.1, -0.05) is 37.3 Å². The molecule has 0 unspecified atom stereocenters. The predicted octanol–water partition coefficient (Wildman–Crippen LogP) is 2.33. The van der Waals surface area contributed by atoms with Crippen molar-refractivity contribution in [3.05, 3.63) is 35.9 Å². The summed E-state index contributed by atoms with van der Waals surface area (Å²) in [6.07, 6.45) is 2.60. The molecular weight excluding hydrogens is 304 g/mol. The van der Waals surface area contributed by atoms with Crippen LogP contribution in [0.15, 0.2) is 30.3 Å². The number of amides is 1. The zero-order chi connectivity index (χ0) is 16.0. The Balaban J connectivity index is 1.77. The molecule has 122 valence electrons. The summed E-state index contributed by atoms with van der Waals surface area (Å²) >= 11 is 0. The van der Waals surface area contributed by atoms with E-state index < -0.39 is 16.3 Å². The topological polar surface area (TPSA) is 84.5 Å². The van der Waals surface area contributed by atoms with E-state index in [2.05, 4.69) is 11.6 Å². The molecule has 2 rings (SSSR count). The lowest BCUT2D eigenvalue weighted by molar-refractivity contribution is 0.146. The van der Waals surface area contributed by atoms with Gasteiger partial charge in [-0.05, 0) is 37.2 Å². The van der Waals surface area contributed by atoms with E-state index in [0.29, 0.717) is 5.92 Å². The number of carbonyl (C=O) groups excluding carboxylic acids is 1. The van der Waals surface area contributed by atoms with Gasteiger partial charge in [0.05, 0.1) is 0 Å². The first-order valence-electron chi connectivity index (χ1n) is 7.45. The minimum atomic E-state index is -3.88. The third kappa shape index (κ3) is 5.65. The molecular formula is C15H22N2O4S. The summed E-state index contributed by atoms with van der Waals surface area (Å²) in [4.78, 5) is 11.6. The lowest BCUT2D eigenvalue weighted by Crippen LogP contribution is -2.46. The second-order valence-corrected chi connectivity index (χ2v) is 7.19. The lowest BCUT2D eigenvalue weighted by Gasteiger charge is -2.26. The maximum absolute atomic E-state index is 11.9. The van der Waals surface area contributed by atoms with E-state index in [0.717, 1.165) is 31.2 Å². The van der Waals surface area contributed by atoms with Crippen molar-refractivity contribution in [2.24, 2.45) is 5.92 Å². The number of nitrogens with one attached hydrogen (secondary N) is 2. The number of benzene rings is 1. The van der Waals surface area contributed by atoms with E-state index in [9.17, 15) is 13.2 Å². The average Bonchev–Trinajstić information content (AvgIpc) is 2.48. The molecule has 1 fully saturated rings. The largest absolute Gasteiger partial charge is 0.444 e. The van der Waals surface area contributed by atoms with Crippen LogP contribution in [0, 0.1) is 5.92 Å². The Morgan fingerprint density at radius 2 is 1.82 bits per heavy atom. The van der Waals surface area contributed by atoms with Crippen LogP contribution in [0.1, 0.15) is 38.2 Å². The Bertz CT molecular complexity index is 581. The molecule has 1 aliphatic rings. The molecule has 22 heavy (non-hydrogen) atoms. The molecule has 1 aromatic carbocycles. The zero-order valence-corrected chi connectivity index (χ0v) is 13.4. The van der Waals surface area contributed by atoms with E-state index in [-0.39, 0.29) is 12.6 Å². The van der Waals surface area contributed by atoms with Gasteiger partial charge in [-0.3, -0.25) is 0 Å². The van der Waals surface area contributed by atoms with Gasteiger partial charge in [-0.25, -0.2) is 9.52 Å². The summed E-state index contributed by atoms with van der Waals surface area (Å²) in [7, 11) is -3.88. The molecule has 0 heterocycles. The second-order valence-electron chi connectivity index (χ2n) is 5.74. The van der Waals surface area contributed by atoms with Crippen LogP contribution < -0.4 is 9.44 Å². The van der Waals surface area contributed by atoms with Crippen molar-refractivity contribution in [1.82, 2.24) is 9.44 Å². The fourth-order valence-electron chi connectivity index (χ4n) is 2.49. The third-order valence-electron chi connectivity index (χ3n) is 3.77. The summed E-state index contributed by atoms with van der Waals surface area (Å²) in [6.45, 7) is 2.19. The SMILES string of the molecule is CC1CCC(NS(=O)(=O)NC(=O)OCc2ccccc2)CC1. The fraction of sp³-hybridized carbons (Fsp3) is 0.533. The van der Waals surface area contributed by atoms with Crippen molar-refractivity contribution in [3.8, 4) is 0 Å². The maximum Gasteiger partial charge on any atom is 0.422 e. The van der Waals surface area contributed by atoms with Gasteiger partial charge in [0, 0.05) is 6.04 Å². The first-order valence-corrected chi connectivity index (χ1v) is 8.93. The van der Waals surface area contributed by atoms with Crippen molar-refractivity contribution < 1.29 is 17.9 Å². The summed E-state index contributed by atoms with van der Waals surface area (Å²) in [5.41, 5.74) is 0.796. The number of hydrogen-bond donors (Lipinski definition) is 2. The van der Waals surface area contributed by atoms with Crippen LogP contribution in [-0.4, -0.2) is 20.6 Å². The van der Waals surface area contributed by atoms with Crippen LogP contribution >= 0.6 is 0 Å². The van der Waals surface area contributed by atoms with E-state index in [1.807, 2.05) is 22.9 Å². The van der Waals surface area contributed by atoms with Gasteiger partial charge >= 0.3 is 16.3 Å². The summed E-state index contributed by atoms with van der Waals surface area (Å²) in [5.74, 6) is 0.629. The molecule has 1 amide bonds. The molecule has 0 aromatic heterocycles. The smallest absolute Gasteiger partial charge is 0.422 e. The normalized spacial score (nSPS) is 22.0. The van der Waals surface area contributed by atoms with Gasteiger partial charge < -0.3 is 4.74 Å². The Labute approximate surface area is 131 Å². The molecule has 1 aromatic rings. The van der Waals surface area contributed by atoms with Gasteiger partial charge in [0.25, 0.3) is 0 Å². The quantitative estimate of drug-likeness (QED) is 0.870. The minimum absolute atomic E-state index is 0.0309. The Kier molecular flexibility index (Phi) is 5.79. The predicted molar refractivity (Wildman–Crippen MR) is 83.2 cm³/mol. The molecule has 2 N–H and O–H groups in total. The zero-order valence-electron chi connectivity index (χ0n) is 12.6. The van der Waals surface area contributed by atoms with Gasteiger partial charge in [-0.15, -0.1) is 0 Å². The number of rotatable bonds is 5. The van der Waals surface area contributed by atoms with Gasteiger partial charge in [0.1, 0.15) is 6.61 Å². The van der Waals surface area contributed by atoms with Crippen molar-refractivity contribution in [2.45, 2.75) is 45.3 Å². The number of ether oxygens (including phenoxy) is 1. The monoisotopic (exact) mass is 326 g/mol. The molecule has 7 heteroatoms. The highest BCUT2D eigenvalue weighted by Gasteiger charge is 2.24. The summed E-state index contributed by atoms with van der Waals surface area (Å²) < 4.78 is 33.0. The highest BCUT2D eigenvalue weighted by atomic mass is 32.2. The molecule has 6 nitrogen and oxygen atoms in total. The highest BCUT2D eigenvalue weighted by molar-refractivity contribution is 7.88. The molecule has 0 aliphatic heterocycles. The molecule has 0 atom stereocenters. The van der Waals surface area contributed by atoms with Gasteiger partial charge in [0.2, 0.25) is 0 Å². The molecule has 1 saturated carbocycles. The van der Waals surface area contributed by atoms with E-state index in [1.165, 1.54) is 0 Å². The summed E-state index contributed by atoms with van der Waals surface area (Å²) in [5, 5.41) is 0. The van der Waals surface area contributed by atoms with E-state index in [1.54, 1.807) is 12.1 Å². The molecule has 0 radical (unpaired) electrons. The maximum atomic E-state index is 11.9. The third-order valence-corrected chi connectivity index (χ3v) is 4.85. The van der Waals surface area contributed by atoms with Gasteiger partial charge in [0.15, 0.2) is 0 Å². The van der Waals surface area contributed by atoms with Crippen LogP contribution in [-0.2, 0) is 21.6 Å². The van der Waals surface area contributed by atoms with E-state index in [4.69, 9.17) is 4.74 Å². The van der Waals surface area contributed by atoms with Crippen molar-refractivity contribution in [3.63, 3.8) is 0 Å². The Hall–Kier alpha value is -1.60. The average molecular weight is 326 g/mol. The first kappa shape index (κ1) is 16.8. The molecule has 1 aliphatic carbocycles. The van der Waals surface area contributed by atoms with Crippen molar-refractivity contribution in [1.29, 1.82) is 0 Å². The van der Waals surface area contributed by atoms with Gasteiger partial charge in [-0.2, -0.15) is 13.1 Å². The van der Waals surface area contributed by atoms with E-state index >= 15 is 0 Å². The summed E-state index contributed by atoms with van der Waals surface area (Å²) in [6, 6.07) is 8.96. The van der Waals surface area contributed by atoms with Crippen LogP contribution in [0.5, 0.6) is 0 Å². The molecule has 0 saturated heterocycles. The highest BCUT2D eigenvalue weighted by Crippen LogP contribution is 2.23. The fourth-order valence-corrected chi connectivity index (χ4v) is 3.50. The Morgan fingerprint density at radius 3 is 2.45 bits per heavy atom. The van der Waals surface area contributed by atoms with Crippen LogP contribution in [0.25, 0.3) is 0 Å². The number of carbonyl (C=O) groups is 1. The standard InChI is InChI=1S/C15H22N2O4S/c1-12-7-9-14(10-8-12)16-22(19,20)17-15(18)21-11-13-5-3-2-4-6-13/h2-6,12,14,16H,7-11H2,1H3,(H,17,18). The first-order chi connectivity index (χ1) is 10.4. The van der Waals surface area contributed by atoms with Crippen molar-refractivity contribution >= 4 is 16.3 Å². The van der Waals surface area contributed by atoms with Crippen LogP contribution in [0.3, 0.4) is 0 Å². The number of hydrogen-bond acceptors (Lipinski definition) is 4. The lowest BCUT2D eigenvalue weighted by atomic mass is 9.88. The van der Waals surface area contributed by atoms with Crippen molar-refractivity contribution in [2.75, 3.05) is 0 Å². The molecule has 0 spiro atoms. The minimum Gasteiger partial charge on any atom is -0.444 e.